The fourth-order valence-electron chi connectivity index (χ4n) is 2.47. The number of hydrogen-bond donors (Lipinski definition) is 1. The summed E-state index contributed by atoms with van der Waals surface area (Å²) >= 11 is 0. The van der Waals surface area contributed by atoms with E-state index in [0.717, 1.165) is 23.1 Å². The number of amides is 1. The molecule has 0 spiro atoms. The van der Waals surface area contributed by atoms with E-state index in [4.69, 9.17) is 0 Å². The van der Waals surface area contributed by atoms with Crippen molar-refractivity contribution in [3.63, 3.8) is 0 Å². The van der Waals surface area contributed by atoms with Gasteiger partial charge in [0.1, 0.15) is 0 Å². The number of rotatable bonds is 4. The van der Waals surface area contributed by atoms with Gasteiger partial charge < -0.3 is 5.32 Å². The molecule has 0 aliphatic carbocycles. The molecule has 0 aromatic heterocycles. The van der Waals surface area contributed by atoms with E-state index in [-0.39, 0.29) is 11.9 Å². The number of hydrogen-bond acceptors (Lipinski definition) is 1. The average molecular weight is 281 g/mol. The molecular formula is C19H23NO. The lowest BCUT2D eigenvalue weighted by atomic mass is 10.0. The number of carbonyl (C=O) groups excluding carboxylic acids is 1. The van der Waals surface area contributed by atoms with Crippen molar-refractivity contribution in [3.05, 3.63) is 70.3 Å². The summed E-state index contributed by atoms with van der Waals surface area (Å²) in [6, 6.07) is 14.3. The molecule has 0 fully saturated rings. The molecule has 2 heteroatoms. The first-order chi connectivity index (χ1) is 10.0. The fraction of sp³-hybridized carbons (Fsp3) is 0.316. The van der Waals surface area contributed by atoms with Crippen LogP contribution in [-0.4, -0.2) is 5.91 Å². The molecule has 1 amide bonds. The molecule has 0 bridgehead atoms. The minimum absolute atomic E-state index is 0.00380. The summed E-state index contributed by atoms with van der Waals surface area (Å²) in [6.07, 6.45) is 1.03. The minimum atomic E-state index is -0.0143. The van der Waals surface area contributed by atoms with E-state index in [1.54, 1.807) is 0 Å². The van der Waals surface area contributed by atoms with Gasteiger partial charge in [0.25, 0.3) is 5.91 Å². The maximum absolute atomic E-state index is 12.4. The molecule has 0 aliphatic heterocycles. The predicted molar refractivity (Wildman–Crippen MR) is 87.6 cm³/mol. The van der Waals surface area contributed by atoms with Crippen LogP contribution in [0, 0.1) is 13.8 Å². The Kier molecular flexibility index (Phi) is 4.79. The van der Waals surface area contributed by atoms with E-state index >= 15 is 0 Å². The number of carbonyl (C=O) groups is 1. The Bertz CT molecular complexity index is 629. The monoisotopic (exact) mass is 281 g/mol. The Labute approximate surface area is 127 Å². The van der Waals surface area contributed by atoms with Gasteiger partial charge in [-0.25, -0.2) is 0 Å². The van der Waals surface area contributed by atoms with Gasteiger partial charge in [-0.1, -0.05) is 48.9 Å². The summed E-state index contributed by atoms with van der Waals surface area (Å²) < 4.78 is 0. The summed E-state index contributed by atoms with van der Waals surface area (Å²) in [7, 11) is 0. The first-order valence-electron chi connectivity index (χ1n) is 7.48. The van der Waals surface area contributed by atoms with Crippen LogP contribution in [0.1, 0.15) is 52.5 Å². The lowest BCUT2D eigenvalue weighted by Crippen LogP contribution is -2.27. The number of nitrogens with one attached hydrogen (secondary N) is 1. The van der Waals surface area contributed by atoms with Crippen molar-refractivity contribution < 1.29 is 4.79 Å². The molecule has 2 rings (SSSR count). The topological polar surface area (TPSA) is 29.1 Å². The molecule has 2 aromatic rings. The smallest absolute Gasteiger partial charge is 0.252 e. The van der Waals surface area contributed by atoms with Gasteiger partial charge in [-0.3, -0.25) is 4.79 Å². The second-order valence-corrected chi connectivity index (χ2v) is 5.61. The second-order valence-electron chi connectivity index (χ2n) is 5.61. The van der Waals surface area contributed by atoms with E-state index in [0.29, 0.717) is 0 Å². The SMILES string of the molecule is CCc1ccc([C@@H](C)NC(=O)c2ccc(C)cc2C)cc1. The van der Waals surface area contributed by atoms with Crippen molar-refractivity contribution in [2.75, 3.05) is 0 Å². The van der Waals surface area contributed by atoms with Crippen LogP contribution in [0.15, 0.2) is 42.5 Å². The van der Waals surface area contributed by atoms with Crippen molar-refractivity contribution in [1.29, 1.82) is 0 Å². The van der Waals surface area contributed by atoms with E-state index in [9.17, 15) is 4.79 Å². The van der Waals surface area contributed by atoms with Gasteiger partial charge in [0.2, 0.25) is 0 Å². The highest BCUT2D eigenvalue weighted by Gasteiger charge is 2.13. The third-order valence-electron chi connectivity index (χ3n) is 3.86. The van der Waals surface area contributed by atoms with E-state index in [1.165, 1.54) is 11.1 Å². The molecule has 0 heterocycles. The maximum Gasteiger partial charge on any atom is 0.252 e. The van der Waals surface area contributed by atoms with Crippen LogP contribution < -0.4 is 5.32 Å². The Morgan fingerprint density at radius 1 is 1.10 bits per heavy atom. The molecule has 0 unspecified atom stereocenters. The lowest BCUT2D eigenvalue weighted by Gasteiger charge is -2.16. The Morgan fingerprint density at radius 2 is 1.76 bits per heavy atom. The highest BCUT2D eigenvalue weighted by Crippen LogP contribution is 2.16. The van der Waals surface area contributed by atoms with Crippen LogP contribution in [0.4, 0.5) is 0 Å². The molecule has 110 valence electrons. The van der Waals surface area contributed by atoms with Crippen LogP contribution in [0.25, 0.3) is 0 Å². The molecule has 21 heavy (non-hydrogen) atoms. The summed E-state index contributed by atoms with van der Waals surface area (Å²) in [5.41, 5.74) is 5.38. The fourth-order valence-corrected chi connectivity index (χ4v) is 2.47. The van der Waals surface area contributed by atoms with Gasteiger partial charge in [-0.15, -0.1) is 0 Å². The Morgan fingerprint density at radius 3 is 2.33 bits per heavy atom. The highest BCUT2D eigenvalue weighted by atomic mass is 16.1. The average Bonchev–Trinajstić information content (AvgIpc) is 2.47. The van der Waals surface area contributed by atoms with E-state index in [2.05, 4.69) is 36.5 Å². The minimum Gasteiger partial charge on any atom is -0.346 e. The highest BCUT2D eigenvalue weighted by molar-refractivity contribution is 5.95. The first kappa shape index (κ1) is 15.3. The molecule has 0 saturated heterocycles. The zero-order chi connectivity index (χ0) is 15.4. The summed E-state index contributed by atoms with van der Waals surface area (Å²) in [5, 5.41) is 3.07. The second kappa shape index (κ2) is 6.57. The van der Waals surface area contributed by atoms with Crippen molar-refractivity contribution in [2.45, 2.75) is 40.2 Å². The largest absolute Gasteiger partial charge is 0.346 e. The van der Waals surface area contributed by atoms with E-state index < -0.39 is 0 Å². The maximum atomic E-state index is 12.4. The van der Waals surface area contributed by atoms with Crippen molar-refractivity contribution in [3.8, 4) is 0 Å². The summed E-state index contributed by atoms with van der Waals surface area (Å²) in [5.74, 6) is -0.0143. The van der Waals surface area contributed by atoms with Gasteiger partial charge in [-0.05, 0) is 49.9 Å². The molecule has 1 atom stereocenters. The Balaban J connectivity index is 2.10. The number of aryl methyl sites for hydroxylation is 3. The van der Waals surface area contributed by atoms with Gasteiger partial charge in [0, 0.05) is 5.56 Å². The summed E-state index contributed by atoms with van der Waals surface area (Å²) in [4.78, 5) is 12.4. The van der Waals surface area contributed by atoms with E-state index in [1.807, 2.05) is 39.0 Å². The molecule has 2 nitrogen and oxygen atoms in total. The zero-order valence-corrected chi connectivity index (χ0v) is 13.2. The molecule has 0 aliphatic rings. The van der Waals surface area contributed by atoms with Gasteiger partial charge in [0.05, 0.1) is 6.04 Å². The molecule has 1 N–H and O–H groups in total. The standard InChI is InChI=1S/C19H23NO/c1-5-16-7-9-17(10-8-16)15(4)20-19(21)18-11-6-13(2)12-14(18)3/h6-12,15H,5H2,1-4H3,(H,20,21)/t15-/m1/s1. The van der Waals surface area contributed by atoms with Crippen LogP contribution in [0.3, 0.4) is 0 Å². The van der Waals surface area contributed by atoms with Crippen molar-refractivity contribution in [2.24, 2.45) is 0 Å². The predicted octanol–water partition coefficient (Wildman–Crippen LogP) is 4.36. The zero-order valence-electron chi connectivity index (χ0n) is 13.2. The quantitative estimate of drug-likeness (QED) is 0.886. The van der Waals surface area contributed by atoms with Crippen molar-refractivity contribution in [1.82, 2.24) is 5.32 Å². The van der Waals surface area contributed by atoms with Crippen molar-refractivity contribution >= 4 is 5.91 Å². The molecule has 0 radical (unpaired) electrons. The molecule has 2 aromatic carbocycles. The molecule has 0 saturated carbocycles. The Hall–Kier alpha value is -2.09. The van der Waals surface area contributed by atoms with Crippen LogP contribution in [0.5, 0.6) is 0 Å². The van der Waals surface area contributed by atoms with Crippen LogP contribution in [-0.2, 0) is 6.42 Å². The van der Waals surface area contributed by atoms with Crippen LogP contribution >= 0.6 is 0 Å². The summed E-state index contributed by atoms with van der Waals surface area (Å²) in [6.45, 7) is 8.16. The third-order valence-corrected chi connectivity index (χ3v) is 3.86. The van der Waals surface area contributed by atoms with Gasteiger partial charge >= 0.3 is 0 Å². The van der Waals surface area contributed by atoms with Crippen LogP contribution in [0.2, 0.25) is 0 Å². The van der Waals surface area contributed by atoms with Gasteiger partial charge in [0.15, 0.2) is 0 Å². The molecular weight excluding hydrogens is 258 g/mol. The van der Waals surface area contributed by atoms with Gasteiger partial charge in [-0.2, -0.15) is 0 Å². The number of benzene rings is 2. The third kappa shape index (κ3) is 3.72. The first-order valence-corrected chi connectivity index (χ1v) is 7.48. The normalized spacial score (nSPS) is 12.0. The lowest BCUT2D eigenvalue weighted by molar-refractivity contribution is 0.0939.